The summed E-state index contributed by atoms with van der Waals surface area (Å²) < 4.78 is 0. The number of aromatic nitrogens is 1. The maximum Gasteiger partial charge on any atom is 0.0864 e. The van der Waals surface area contributed by atoms with Crippen LogP contribution in [0.1, 0.15) is 25.0 Å². The van der Waals surface area contributed by atoms with Crippen LogP contribution in [-0.2, 0) is 5.60 Å². The van der Waals surface area contributed by atoms with Crippen molar-refractivity contribution in [1.82, 2.24) is 4.98 Å². The van der Waals surface area contributed by atoms with E-state index >= 15 is 0 Å². The summed E-state index contributed by atoms with van der Waals surface area (Å²) in [5.74, 6) is 0. The van der Waals surface area contributed by atoms with Crippen molar-refractivity contribution in [3.63, 3.8) is 0 Å². The highest BCUT2D eigenvalue weighted by molar-refractivity contribution is 5.73. The SMILES string of the molecule is Cc1ccnc(-c2cccc(-c3ccccc3)c2)c1C(C)(C)O. The second-order valence-electron chi connectivity index (χ2n) is 6.36. The van der Waals surface area contributed by atoms with Gasteiger partial charge in [0.2, 0.25) is 0 Å². The molecule has 1 N–H and O–H groups in total. The van der Waals surface area contributed by atoms with Crippen molar-refractivity contribution >= 4 is 0 Å². The highest BCUT2D eigenvalue weighted by Gasteiger charge is 2.24. The van der Waals surface area contributed by atoms with Crippen LogP contribution in [-0.4, -0.2) is 10.1 Å². The van der Waals surface area contributed by atoms with E-state index in [9.17, 15) is 5.11 Å². The lowest BCUT2D eigenvalue weighted by molar-refractivity contribution is 0.0782. The van der Waals surface area contributed by atoms with E-state index in [0.29, 0.717) is 0 Å². The number of aryl methyl sites for hydroxylation is 1. The Morgan fingerprint density at radius 2 is 1.48 bits per heavy atom. The molecule has 0 unspecified atom stereocenters. The van der Waals surface area contributed by atoms with Gasteiger partial charge in [0.05, 0.1) is 11.3 Å². The minimum absolute atomic E-state index is 0.843. The summed E-state index contributed by atoms with van der Waals surface area (Å²) in [6, 6.07) is 20.5. The number of nitrogens with zero attached hydrogens (tertiary/aromatic N) is 1. The smallest absolute Gasteiger partial charge is 0.0864 e. The molecule has 2 nitrogen and oxygen atoms in total. The lowest BCUT2D eigenvalue weighted by atomic mass is 9.89. The van der Waals surface area contributed by atoms with Crippen LogP contribution in [0.4, 0.5) is 0 Å². The van der Waals surface area contributed by atoms with E-state index in [0.717, 1.165) is 27.9 Å². The lowest BCUT2D eigenvalue weighted by Gasteiger charge is -2.23. The summed E-state index contributed by atoms with van der Waals surface area (Å²) in [6.45, 7) is 5.63. The van der Waals surface area contributed by atoms with Crippen molar-refractivity contribution in [2.24, 2.45) is 0 Å². The van der Waals surface area contributed by atoms with Gasteiger partial charge >= 0.3 is 0 Å². The quantitative estimate of drug-likeness (QED) is 0.742. The molecule has 0 aliphatic rings. The summed E-state index contributed by atoms with van der Waals surface area (Å²) in [7, 11) is 0. The van der Waals surface area contributed by atoms with E-state index in [2.05, 4.69) is 29.2 Å². The van der Waals surface area contributed by atoms with Crippen LogP contribution in [0.2, 0.25) is 0 Å². The minimum atomic E-state index is -0.934. The molecule has 0 radical (unpaired) electrons. The molecule has 0 saturated heterocycles. The fourth-order valence-corrected chi connectivity index (χ4v) is 3.03. The van der Waals surface area contributed by atoms with Crippen LogP contribution >= 0.6 is 0 Å². The van der Waals surface area contributed by atoms with Crippen LogP contribution in [0, 0.1) is 6.92 Å². The van der Waals surface area contributed by atoms with Gasteiger partial charge in [0, 0.05) is 17.3 Å². The maximum absolute atomic E-state index is 10.6. The molecule has 2 aromatic carbocycles. The highest BCUT2D eigenvalue weighted by atomic mass is 16.3. The third-order valence-electron chi connectivity index (χ3n) is 4.01. The molecule has 3 aromatic rings. The molecule has 3 rings (SSSR count). The van der Waals surface area contributed by atoms with E-state index in [1.807, 2.05) is 57.2 Å². The molecule has 23 heavy (non-hydrogen) atoms. The van der Waals surface area contributed by atoms with E-state index in [1.54, 1.807) is 6.20 Å². The zero-order chi connectivity index (χ0) is 16.4. The molecular formula is C21H21NO. The second kappa shape index (κ2) is 5.98. The molecule has 0 amide bonds. The third kappa shape index (κ3) is 3.17. The fourth-order valence-electron chi connectivity index (χ4n) is 3.03. The number of benzene rings is 2. The van der Waals surface area contributed by atoms with Crippen molar-refractivity contribution in [2.75, 3.05) is 0 Å². The van der Waals surface area contributed by atoms with Crippen molar-refractivity contribution in [3.05, 3.63) is 78.0 Å². The monoisotopic (exact) mass is 303 g/mol. The summed E-state index contributed by atoms with van der Waals surface area (Å²) in [5, 5.41) is 10.6. The van der Waals surface area contributed by atoms with Gasteiger partial charge in [0.1, 0.15) is 0 Å². The molecule has 1 aromatic heterocycles. The summed E-state index contributed by atoms with van der Waals surface area (Å²) in [4.78, 5) is 4.55. The van der Waals surface area contributed by atoms with Crippen molar-refractivity contribution in [1.29, 1.82) is 0 Å². The number of hydrogen-bond acceptors (Lipinski definition) is 2. The lowest BCUT2D eigenvalue weighted by Crippen LogP contribution is -2.19. The topological polar surface area (TPSA) is 33.1 Å². The fraction of sp³-hybridized carbons (Fsp3) is 0.190. The van der Waals surface area contributed by atoms with E-state index in [1.165, 1.54) is 5.56 Å². The largest absolute Gasteiger partial charge is 0.386 e. The average Bonchev–Trinajstić information content (AvgIpc) is 2.54. The molecule has 1 heterocycles. The molecule has 0 spiro atoms. The van der Waals surface area contributed by atoms with Gasteiger partial charge in [0.25, 0.3) is 0 Å². The Morgan fingerprint density at radius 1 is 0.826 bits per heavy atom. The summed E-state index contributed by atoms with van der Waals surface area (Å²) in [5.41, 5.74) is 5.18. The first kappa shape index (κ1) is 15.4. The van der Waals surface area contributed by atoms with Crippen LogP contribution in [0.3, 0.4) is 0 Å². The predicted molar refractivity (Wildman–Crippen MR) is 95.1 cm³/mol. The van der Waals surface area contributed by atoms with Crippen LogP contribution in [0.15, 0.2) is 66.9 Å². The van der Waals surface area contributed by atoms with Crippen molar-refractivity contribution in [3.8, 4) is 22.4 Å². The minimum Gasteiger partial charge on any atom is -0.386 e. The van der Waals surface area contributed by atoms with E-state index in [-0.39, 0.29) is 0 Å². The Kier molecular flexibility index (Phi) is 4.01. The Bertz CT molecular complexity index is 817. The molecule has 0 saturated carbocycles. The standard InChI is InChI=1S/C21H21NO/c1-15-12-13-22-20(19(15)21(2,3)23)18-11-7-10-17(14-18)16-8-5-4-6-9-16/h4-14,23H,1-3H3. The molecule has 0 bridgehead atoms. The second-order valence-corrected chi connectivity index (χ2v) is 6.36. The van der Waals surface area contributed by atoms with Gasteiger partial charge in [-0.05, 0) is 49.6 Å². The molecule has 0 fully saturated rings. The summed E-state index contributed by atoms with van der Waals surface area (Å²) >= 11 is 0. The average molecular weight is 303 g/mol. The number of pyridine rings is 1. The van der Waals surface area contributed by atoms with Crippen molar-refractivity contribution in [2.45, 2.75) is 26.4 Å². The molecular weight excluding hydrogens is 282 g/mol. The van der Waals surface area contributed by atoms with Crippen LogP contribution in [0.25, 0.3) is 22.4 Å². The molecule has 116 valence electrons. The predicted octanol–water partition coefficient (Wildman–Crippen LogP) is 4.95. The van der Waals surface area contributed by atoms with Gasteiger partial charge in [-0.25, -0.2) is 0 Å². The van der Waals surface area contributed by atoms with Gasteiger partial charge in [-0.2, -0.15) is 0 Å². The Balaban J connectivity index is 2.16. The number of rotatable bonds is 3. The molecule has 0 aliphatic carbocycles. The zero-order valence-corrected chi connectivity index (χ0v) is 13.7. The van der Waals surface area contributed by atoms with Gasteiger partial charge in [-0.15, -0.1) is 0 Å². The van der Waals surface area contributed by atoms with Gasteiger partial charge in [-0.3, -0.25) is 4.98 Å². The Morgan fingerprint density at radius 3 is 2.17 bits per heavy atom. The first-order valence-corrected chi connectivity index (χ1v) is 7.81. The highest BCUT2D eigenvalue weighted by Crippen LogP contribution is 2.34. The summed E-state index contributed by atoms with van der Waals surface area (Å²) in [6.07, 6.45) is 1.80. The first-order chi connectivity index (χ1) is 11.0. The Hall–Kier alpha value is -2.45. The van der Waals surface area contributed by atoms with Gasteiger partial charge < -0.3 is 5.11 Å². The van der Waals surface area contributed by atoms with Crippen molar-refractivity contribution < 1.29 is 5.11 Å². The Labute approximate surface area is 137 Å². The first-order valence-electron chi connectivity index (χ1n) is 7.81. The molecule has 2 heteroatoms. The van der Waals surface area contributed by atoms with E-state index < -0.39 is 5.60 Å². The van der Waals surface area contributed by atoms with Crippen LogP contribution < -0.4 is 0 Å². The van der Waals surface area contributed by atoms with E-state index in [4.69, 9.17) is 0 Å². The zero-order valence-electron chi connectivity index (χ0n) is 13.7. The molecule has 0 atom stereocenters. The normalized spacial score (nSPS) is 11.5. The van der Waals surface area contributed by atoms with Gasteiger partial charge in [0.15, 0.2) is 0 Å². The van der Waals surface area contributed by atoms with Crippen LogP contribution in [0.5, 0.6) is 0 Å². The third-order valence-corrected chi connectivity index (χ3v) is 4.01. The van der Waals surface area contributed by atoms with Gasteiger partial charge in [-0.1, -0.05) is 48.5 Å². The molecule has 0 aliphatic heterocycles. The number of aliphatic hydroxyl groups is 1. The maximum atomic E-state index is 10.6. The number of hydrogen-bond donors (Lipinski definition) is 1.